The van der Waals surface area contributed by atoms with E-state index in [1.54, 1.807) is 0 Å². The zero-order valence-corrected chi connectivity index (χ0v) is 15.3. The van der Waals surface area contributed by atoms with Crippen molar-refractivity contribution in [1.82, 2.24) is 0 Å². The van der Waals surface area contributed by atoms with E-state index in [0.29, 0.717) is 0 Å². The van der Waals surface area contributed by atoms with E-state index in [9.17, 15) is 23.1 Å². The molecule has 3 N–H and O–H groups in total. The van der Waals surface area contributed by atoms with Crippen molar-refractivity contribution in [2.45, 2.75) is 4.90 Å². The van der Waals surface area contributed by atoms with Crippen molar-refractivity contribution in [2.24, 2.45) is 0 Å². The molecule has 2 aromatic carbocycles. The van der Waals surface area contributed by atoms with Gasteiger partial charge in [-0.3, -0.25) is 4.72 Å². The minimum atomic E-state index is -4.39. The highest BCUT2D eigenvalue weighted by Crippen LogP contribution is 2.37. The number of hydrogen-bond donors (Lipinski definition) is 3. The molecule has 1 aliphatic rings. The number of aromatic carboxylic acids is 2. The van der Waals surface area contributed by atoms with Crippen molar-refractivity contribution in [1.29, 1.82) is 0 Å². The van der Waals surface area contributed by atoms with E-state index in [4.69, 9.17) is 19.3 Å². The van der Waals surface area contributed by atoms with Gasteiger partial charge in [-0.1, -0.05) is 0 Å². The van der Waals surface area contributed by atoms with E-state index >= 15 is 0 Å². The molecule has 0 saturated carbocycles. The number of carboxylic acids is 2. The number of anilines is 1. The first-order valence-corrected chi connectivity index (χ1v) is 9.32. The van der Waals surface area contributed by atoms with Gasteiger partial charge in [0.1, 0.15) is 23.9 Å². The summed E-state index contributed by atoms with van der Waals surface area (Å²) >= 11 is 0. The van der Waals surface area contributed by atoms with Crippen LogP contribution in [0.1, 0.15) is 20.7 Å². The van der Waals surface area contributed by atoms with Crippen LogP contribution in [0.4, 0.5) is 5.69 Å². The van der Waals surface area contributed by atoms with Crippen LogP contribution in [0.2, 0.25) is 0 Å². The number of hydrogen-bond acceptors (Lipinski definition) is 7. The Bertz CT molecular complexity index is 1060. The van der Waals surface area contributed by atoms with Crippen molar-refractivity contribution in [3.8, 4) is 17.2 Å². The van der Waals surface area contributed by atoms with Gasteiger partial charge in [0.15, 0.2) is 11.5 Å². The summed E-state index contributed by atoms with van der Waals surface area (Å²) in [6.07, 6.45) is 0. The molecule has 10 nitrogen and oxygen atoms in total. The quantitative estimate of drug-likeness (QED) is 0.647. The predicted octanol–water partition coefficient (Wildman–Crippen LogP) is 1.66. The Hall–Kier alpha value is -3.47. The van der Waals surface area contributed by atoms with E-state index in [-0.39, 0.29) is 47.3 Å². The number of methoxy groups -OCH3 is 1. The summed E-state index contributed by atoms with van der Waals surface area (Å²) < 4.78 is 43.5. The summed E-state index contributed by atoms with van der Waals surface area (Å²) in [5.41, 5.74) is -0.900. The summed E-state index contributed by atoms with van der Waals surface area (Å²) in [5.74, 6) is -2.46. The normalized spacial score (nSPS) is 12.9. The molecule has 0 radical (unpaired) electrons. The van der Waals surface area contributed by atoms with Crippen molar-refractivity contribution >= 4 is 27.6 Å². The molecule has 0 aliphatic carbocycles. The Kier molecular flexibility index (Phi) is 5.01. The maximum absolute atomic E-state index is 12.8. The van der Waals surface area contributed by atoms with Gasteiger partial charge in [0.05, 0.1) is 23.9 Å². The van der Waals surface area contributed by atoms with E-state index in [1.165, 1.54) is 25.3 Å². The fourth-order valence-electron chi connectivity index (χ4n) is 2.57. The molecule has 1 heterocycles. The number of ether oxygens (including phenoxy) is 3. The highest BCUT2D eigenvalue weighted by atomic mass is 32.2. The Labute approximate surface area is 159 Å². The number of nitrogens with one attached hydrogen (secondary N) is 1. The van der Waals surface area contributed by atoms with E-state index in [2.05, 4.69) is 4.72 Å². The van der Waals surface area contributed by atoms with Gasteiger partial charge < -0.3 is 24.4 Å². The highest BCUT2D eigenvalue weighted by Gasteiger charge is 2.26. The zero-order valence-electron chi connectivity index (χ0n) is 14.5. The highest BCUT2D eigenvalue weighted by molar-refractivity contribution is 7.92. The molecule has 0 aromatic heterocycles. The lowest BCUT2D eigenvalue weighted by Crippen LogP contribution is -2.19. The third-order valence-corrected chi connectivity index (χ3v) is 5.24. The second-order valence-electron chi connectivity index (χ2n) is 5.62. The van der Waals surface area contributed by atoms with Gasteiger partial charge in [0, 0.05) is 12.1 Å². The van der Waals surface area contributed by atoms with Crippen molar-refractivity contribution in [3.63, 3.8) is 0 Å². The zero-order chi connectivity index (χ0) is 20.5. The van der Waals surface area contributed by atoms with Gasteiger partial charge in [0.25, 0.3) is 10.0 Å². The summed E-state index contributed by atoms with van der Waals surface area (Å²) in [4.78, 5) is 22.3. The topological polar surface area (TPSA) is 148 Å². The summed E-state index contributed by atoms with van der Waals surface area (Å²) in [5, 5.41) is 18.5. The van der Waals surface area contributed by atoms with E-state index in [1.807, 2.05) is 0 Å². The molecule has 148 valence electrons. The van der Waals surface area contributed by atoms with Crippen LogP contribution in [-0.4, -0.2) is 50.9 Å². The van der Waals surface area contributed by atoms with Crippen LogP contribution in [0.3, 0.4) is 0 Å². The predicted molar refractivity (Wildman–Crippen MR) is 95.2 cm³/mol. The molecule has 28 heavy (non-hydrogen) atoms. The van der Waals surface area contributed by atoms with Crippen LogP contribution in [0, 0.1) is 0 Å². The van der Waals surface area contributed by atoms with Gasteiger partial charge in [0.2, 0.25) is 0 Å². The molecule has 3 rings (SSSR count). The van der Waals surface area contributed by atoms with Gasteiger partial charge in [-0.15, -0.1) is 0 Å². The average Bonchev–Trinajstić information content (AvgIpc) is 2.66. The molecule has 0 fully saturated rings. The Morgan fingerprint density at radius 3 is 2.25 bits per heavy atom. The second kappa shape index (κ2) is 7.27. The molecular formula is C17H15NO9S. The molecule has 0 atom stereocenters. The van der Waals surface area contributed by atoms with Gasteiger partial charge in [-0.25, -0.2) is 18.0 Å². The van der Waals surface area contributed by atoms with Gasteiger partial charge >= 0.3 is 11.9 Å². The van der Waals surface area contributed by atoms with Crippen molar-refractivity contribution < 1.29 is 42.4 Å². The number of carbonyl (C=O) groups is 2. The third kappa shape index (κ3) is 3.64. The first-order valence-electron chi connectivity index (χ1n) is 7.84. The molecule has 0 spiro atoms. The van der Waals surface area contributed by atoms with Crippen LogP contribution in [0.5, 0.6) is 17.2 Å². The lowest BCUT2D eigenvalue weighted by atomic mass is 10.1. The lowest BCUT2D eigenvalue weighted by molar-refractivity contribution is 0.0686. The molecule has 0 unspecified atom stereocenters. The average molecular weight is 409 g/mol. The lowest BCUT2D eigenvalue weighted by Gasteiger charge is -2.21. The maximum atomic E-state index is 12.8. The maximum Gasteiger partial charge on any atom is 0.337 e. The molecule has 0 bridgehead atoms. The van der Waals surface area contributed by atoms with E-state index in [0.717, 1.165) is 12.1 Å². The van der Waals surface area contributed by atoms with Gasteiger partial charge in [-0.05, 0) is 18.2 Å². The van der Waals surface area contributed by atoms with Crippen LogP contribution in [0.15, 0.2) is 35.2 Å². The minimum Gasteiger partial charge on any atom is -0.495 e. The Morgan fingerprint density at radius 1 is 1.04 bits per heavy atom. The minimum absolute atomic E-state index is 0.105. The first-order chi connectivity index (χ1) is 13.2. The van der Waals surface area contributed by atoms with Gasteiger partial charge in [-0.2, -0.15) is 0 Å². The van der Waals surface area contributed by atoms with Crippen molar-refractivity contribution in [2.75, 3.05) is 25.0 Å². The molecule has 0 amide bonds. The Morgan fingerprint density at radius 2 is 1.68 bits per heavy atom. The second-order valence-corrected chi connectivity index (χ2v) is 7.27. The number of fused-ring (bicyclic) bond motifs is 1. The number of carboxylic acid groups (broad SMARTS) is 2. The van der Waals surface area contributed by atoms with Crippen LogP contribution in [0.25, 0.3) is 0 Å². The van der Waals surface area contributed by atoms with Crippen LogP contribution < -0.4 is 18.9 Å². The van der Waals surface area contributed by atoms with E-state index < -0.39 is 26.9 Å². The first kappa shape index (κ1) is 19.3. The molecule has 1 aliphatic heterocycles. The van der Waals surface area contributed by atoms with Crippen molar-refractivity contribution in [3.05, 3.63) is 41.5 Å². The molecule has 2 aromatic rings. The number of sulfonamides is 1. The standard InChI is InChI=1S/C17H15NO9S/c1-25-12-3-2-9(16(19)20)6-15(12)28(23,24)18-11-8-14-13(26-4-5-27-14)7-10(11)17(21)22/h2-3,6-8,18H,4-5H2,1H3,(H,19,20)(H,21,22). The largest absolute Gasteiger partial charge is 0.495 e. The molecule has 11 heteroatoms. The summed E-state index contributed by atoms with van der Waals surface area (Å²) in [7, 11) is -3.17. The third-order valence-electron chi connectivity index (χ3n) is 3.86. The van der Waals surface area contributed by atoms with Crippen LogP contribution in [-0.2, 0) is 10.0 Å². The fraction of sp³-hybridized carbons (Fsp3) is 0.176. The number of rotatable bonds is 6. The summed E-state index contributed by atoms with van der Waals surface area (Å²) in [6.45, 7) is 0.455. The Balaban J connectivity index is 2.09. The number of benzene rings is 2. The SMILES string of the molecule is COc1ccc(C(=O)O)cc1S(=O)(=O)Nc1cc2c(cc1C(=O)O)OCCO2. The molecular weight excluding hydrogens is 394 g/mol. The van der Waals surface area contributed by atoms with Crippen LogP contribution >= 0.6 is 0 Å². The monoisotopic (exact) mass is 409 g/mol. The molecule has 0 saturated heterocycles. The smallest absolute Gasteiger partial charge is 0.337 e. The fourth-order valence-corrected chi connectivity index (χ4v) is 3.84. The summed E-state index contributed by atoms with van der Waals surface area (Å²) in [6, 6.07) is 5.65.